The molecule has 2 N–H and O–H groups in total. The molecule has 10 nitrogen and oxygen atoms in total. The summed E-state index contributed by atoms with van der Waals surface area (Å²) in [6, 6.07) is 0. The smallest absolute Gasteiger partial charge is 0.252 e. The van der Waals surface area contributed by atoms with Gasteiger partial charge in [0.2, 0.25) is 0 Å². The Balaban J connectivity index is 1.72. The van der Waals surface area contributed by atoms with E-state index in [9.17, 15) is 4.79 Å². The number of amides is 1. The van der Waals surface area contributed by atoms with Crippen molar-refractivity contribution in [2.45, 2.75) is 58.0 Å². The number of anilines is 1. The number of fused-ring (bicyclic) bond motifs is 2. The molecule has 0 saturated carbocycles. The lowest BCUT2D eigenvalue weighted by molar-refractivity contribution is -0.197. The third-order valence-electron chi connectivity index (χ3n) is 4.62. The van der Waals surface area contributed by atoms with Crippen LogP contribution in [0.25, 0.3) is 11.2 Å². The predicted octanol–water partition coefficient (Wildman–Crippen LogP) is 0.812. The van der Waals surface area contributed by atoms with E-state index in [2.05, 4.69) is 25.6 Å². The van der Waals surface area contributed by atoms with Crippen molar-refractivity contribution < 1.29 is 19.0 Å². The van der Waals surface area contributed by atoms with E-state index >= 15 is 0 Å². The van der Waals surface area contributed by atoms with Gasteiger partial charge in [-0.2, -0.15) is 0 Å². The third-order valence-corrected chi connectivity index (χ3v) is 4.62. The van der Waals surface area contributed by atoms with Gasteiger partial charge in [0.1, 0.15) is 18.5 Å². The number of carbonyl (C=O) groups is 1. The lowest BCUT2D eigenvalue weighted by atomic mass is 10.1. The largest absolute Gasteiger partial charge is 0.368 e. The molecule has 4 rings (SSSR count). The van der Waals surface area contributed by atoms with E-state index < -0.39 is 30.3 Å². The van der Waals surface area contributed by atoms with Crippen LogP contribution in [0.5, 0.6) is 0 Å². The van der Waals surface area contributed by atoms with Gasteiger partial charge in [0.05, 0.1) is 6.33 Å². The first-order chi connectivity index (χ1) is 12.9. The Hall–Kier alpha value is -2.30. The van der Waals surface area contributed by atoms with Crippen LogP contribution < -0.4 is 10.6 Å². The standard InChI is InChI=1S/C17H24N6O4/c1-5-18-13-9-14(21-7-20-13)23(8-22-9)16-12-10(26-17(3,4)27-12)11(25-16)15(24)19-6-2/h7-8,10-12,16H,5-6H2,1-4H3,(H,19,24)(H,18,20,21). The highest BCUT2D eigenvalue weighted by atomic mass is 16.8. The van der Waals surface area contributed by atoms with Gasteiger partial charge in [0, 0.05) is 13.1 Å². The molecule has 27 heavy (non-hydrogen) atoms. The lowest BCUT2D eigenvalue weighted by Gasteiger charge is -2.24. The molecule has 2 saturated heterocycles. The summed E-state index contributed by atoms with van der Waals surface area (Å²) in [5.74, 6) is -0.369. The van der Waals surface area contributed by atoms with Gasteiger partial charge in [-0.1, -0.05) is 0 Å². The molecule has 2 aliphatic rings. The fourth-order valence-electron chi connectivity index (χ4n) is 3.62. The van der Waals surface area contributed by atoms with Gasteiger partial charge in [-0.3, -0.25) is 9.36 Å². The van der Waals surface area contributed by atoms with Crippen molar-refractivity contribution in [2.75, 3.05) is 18.4 Å². The maximum Gasteiger partial charge on any atom is 0.252 e. The van der Waals surface area contributed by atoms with Crippen LogP contribution in [0.1, 0.15) is 33.9 Å². The summed E-state index contributed by atoms with van der Waals surface area (Å²) in [5, 5.41) is 5.97. The van der Waals surface area contributed by atoms with Gasteiger partial charge in [-0.25, -0.2) is 15.0 Å². The zero-order valence-corrected chi connectivity index (χ0v) is 15.8. The van der Waals surface area contributed by atoms with Crippen LogP contribution >= 0.6 is 0 Å². The first-order valence-electron chi connectivity index (χ1n) is 9.15. The van der Waals surface area contributed by atoms with Crippen molar-refractivity contribution in [2.24, 2.45) is 0 Å². The van der Waals surface area contributed by atoms with Gasteiger partial charge in [0.15, 0.2) is 35.1 Å². The molecule has 1 amide bonds. The zero-order chi connectivity index (χ0) is 19.2. The van der Waals surface area contributed by atoms with Gasteiger partial charge in [0.25, 0.3) is 5.91 Å². The SMILES string of the molecule is CCNC(=O)C1OC(n2cnc3c(NCC)ncnc32)C2OC(C)(C)OC12. The maximum absolute atomic E-state index is 12.5. The number of likely N-dealkylation sites (N-methyl/N-ethyl adjacent to an activating group) is 1. The molecular weight excluding hydrogens is 352 g/mol. The van der Waals surface area contributed by atoms with Crippen LogP contribution in [0.3, 0.4) is 0 Å². The second-order valence-corrected chi connectivity index (χ2v) is 6.98. The van der Waals surface area contributed by atoms with Crippen molar-refractivity contribution in [1.82, 2.24) is 24.8 Å². The Morgan fingerprint density at radius 2 is 1.96 bits per heavy atom. The first kappa shape index (κ1) is 18.1. The molecule has 2 aliphatic heterocycles. The molecule has 0 aliphatic carbocycles. The van der Waals surface area contributed by atoms with E-state index in [0.717, 1.165) is 0 Å². The molecule has 0 spiro atoms. The number of ether oxygens (including phenoxy) is 3. The second kappa shape index (κ2) is 6.70. The third kappa shape index (κ3) is 3.03. The molecule has 0 aromatic carbocycles. The van der Waals surface area contributed by atoms with Gasteiger partial charge in [-0.15, -0.1) is 0 Å². The van der Waals surface area contributed by atoms with Crippen LogP contribution in [0, 0.1) is 0 Å². The minimum atomic E-state index is -0.803. The average molecular weight is 376 g/mol. The molecule has 10 heteroatoms. The second-order valence-electron chi connectivity index (χ2n) is 6.98. The van der Waals surface area contributed by atoms with Crippen molar-refractivity contribution in [1.29, 1.82) is 0 Å². The Bertz CT molecular complexity index is 853. The normalized spacial score (nSPS) is 29.0. The molecule has 2 aromatic heterocycles. The van der Waals surface area contributed by atoms with Gasteiger partial charge in [-0.05, 0) is 27.7 Å². The maximum atomic E-state index is 12.5. The lowest BCUT2D eigenvalue weighted by Crippen LogP contribution is -2.42. The fourth-order valence-corrected chi connectivity index (χ4v) is 3.62. The minimum absolute atomic E-state index is 0.219. The Morgan fingerprint density at radius 1 is 1.19 bits per heavy atom. The van der Waals surface area contributed by atoms with Crippen LogP contribution in [-0.4, -0.2) is 62.6 Å². The molecule has 0 radical (unpaired) electrons. The average Bonchev–Trinajstić information content (AvgIpc) is 3.26. The number of aromatic nitrogens is 4. The monoisotopic (exact) mass is 376 g/mol. The van der Waals surface area contributed by atoms with E-state index in [-0.39, 0.29) is 5.91 Å². The summed E-state index contributed by atoms with van der Waals surface area (Å²) >= 11 is 0. The summed E-state index contributed by atoms with van der Waals surface area (Å²) < 4.78 is 19.9. The number of hydrogen-bond acceptors (Lipinski definition) is 8. The molecule has 4 atom stereocenters. The van der Waals surface area contributed by atoms with Gasteiger partial charge < -0.3 is 24.8 Å². The number of carbonyl (C=O) groups excluding carboxylic acids is 1. The molecular formula is C17H24N6O4. The highest BCUT2D eigenvalue weighted by Crippen LogP contribution is 2.43. The van der Waals surface area contributed by atoms with E-state index in [4.69, 9.17) is 14.2 Å². The van der Waals surface area contributed by atoms with Gasteiger partial charge >= 0.3 is 0 Å². The fraction of sp³-hybridized carbons (Fsp3) is 0.647. The number of rotatable bonds is 5. The summed E-state index contributed by atoms with van der Waals surface area (Å²) in [7, 11) is 0. The van der Waals surface area contributed by atoms with Crippen molar-refractivity contribution in [3.63, 3.8) is 0 Å². The van der Waals surface area contributed by atoms with Crippen molar-refractivity contribution in [3.05, 3.63) is 12.7 Å². The molecule has 2 fully saturated rings. The van der Waals surface area contributed by atoms with E-state index in [0.29, 0.717) is 30.1 Å². The van der Waals surface area contributed by atoms with E-state index in [1.165, 1.54) is 6.33 Å². The minimum Gasteiger partial charge on any atom is -0.368 e. The Morgan fingerprint density at radius 3 is 2.70 bits per heavy atom. The van der Waals surface area contributed by atoms with Crippen LogP contribution in [0.2, 0.25) is 0 Å². The van der Waals surface area contributed by atoms with Crippen LogP contribution in [-0.2, 0) is 19.0 Å². The molecule has 4 unspecified atom stereocenters. The molecule has 0 bridgehead atoms. The topological polar surface area (TPSA) is 112 Å². The quantitative estimate of drug-likeness (QED) is 0.788. The highest BCUT2D eigenvalue weighted by molar-refractivity contribution is 5.83. The highest BCUT2D eigenvalue weighted by Gasteiger charge is 2.58. The number of hydrogen-bond donors (Lipinski definition) is 2. The molecule has 146 valence electrons. The van der Waals surface area contributed by atoms with E-state index in [1.807, 2.05) is 27.7 Å². The molecule has 2 aromatic rings. The summed E-state index contributed by atoms with van der Waals surface area (Å²) in [6.07, 6.45) is 0.790. The number of nitrogens with zero attached hydrogens (tertiary/aromatic N) is 4. The summed E-state index contributed by atoms with van der Waals surface area (Å²) in [4.78, 5) is 25.5. The van der Waals surface area contributed by atoms with E-state index in [1.54, 1.807) is 10.9 Å². The predicted molar refractivity (Wildman–Crippen MR) is 95.9 cm³/mol. The Kier molecular flexibility index (Phi) is 4.49. The number of nitrogens with one attached hydrogen (secondary N) is 2. The first-order valence-corrected chi connectivity index (χ1v) is 9.15. The van der Waals surface area contributed by atoms with Crippen LogP contribution in [0.15, 0.2) is 12.7 Å². The number of imidazole rings is 1. The zero-order valence-electron chi connectivity index (χ0n) is 15.8. The molecule has 4 heterocycles. The van der Waals surface area contributed by atoms with Crippen molar-refractivity contribution >= 4 is 22.9 Å². The van der Waals surface area contributed by atoms with Crippen molar-refractivity contribution in [3.8, 4) is 0 Å². The Labute approximate surface area is 156 Å². The van der Waals surface area contributed by atoms with Crippen LogP contribution in [0.4, 0.5) is 5.82 Å². The summed E-state index contributed by atoms with van der Waals surface area (Å²) in [6.45, 7) is 8.73. The summed E-state index contributed by atoms with van der Waals surface area (Å²) in [5.41, 5.74) is 1.24.